The number of nitrogens with one attached hydrogen (secondary N) is 1. The Bertz CT molecular complexity index is 912. The van der Waals surface area contributed by atoms with E-state index in [0.29, 0.717) is 21.4 Å². The second-order valence-corrected chi connectivity index (χ2v) is 6.82. The van der Waals surface area contributed by atoms with E-state index in [9.17, 15) is 9.18 Å². The Morgan fingerprint density at radius 3 is 2.83 bits per heavy atom. The second kappa shape index (κ2) is 6.75. The van der Waals surface area contributed by atoms with E-state index in [1.165, 1.54) is 17.4 Å². The van der Waals surface area contributed by atoms with Crippen LogP contribution in [0.1, 0.15) is 5.56 Å². The normalized spacial score (nSPS) is 10.8. The molecule has 0 aliphatic rings. The molecule has 0 atom stereocenters. The zero-order valence-corrected chi connectivity index (χ0v) is 14.7. The average Bonchev–Trinajstić information content (AvgIpc) is 2.97. The van der Waals surface area contributed by atoms with Crippen molar-refractivity contribution in [3.05, 3.63) is 52.8 Å². The van der Waals surface area contributed by atoms with Gasteiger partial charge in [0.15, 0.2) is 5.13 Å². The predicted octanol–water partition coefficient (Wildman–Crippen LogP) is 4.47. The maximum atomic E-state index is 13.7. The molecule has 0 radical (unpaired) electrons. The van der Waals surface area contributed by atoms with Crippen LogP contribution < -0.4 is 10.2 Å². The van der Waals surface area contributed by atoms with Gasteiger partial charge in [-0.3, -0.25) is 4.79 Å². The molecule has 3 aromatic rings. The number of hydrogen-bond acceptors (Lipinski definition) is 4. The van der Waals surface area contributed by atoms with Gasteiger partial charge in [-0.05, 0) is 36.8 Å². The zero-order valence-electron chi connectivity index (χ0n) is 13.1. The molecule has 0 bridgehead atoms. The number of fused-ring (bicyclic) bond motifs is 1. The van der Waals surface area contributed by atoms with Crippen molar-refractivity contribution in [3.8, 4) is 0 Å². The molecule has 0 spiro atoms. The molecule has 1 heterocycles. The van der Waals surface area contributed by atoms with Gasteiger partial charge >= 0.3 is 0 Å². The quantitative estimate of drug-likeness (QED) is 0.743. The third-order valence-corrected chi connectivity index (χ3v) is 5.15. The Balaban J connectivity index is 1.73. The number of amides is 1. The highest BCUT2D eigenvalue weighted by atomic mass is 35.5. The number of benzene rings is 2. The van der Waals surface area contributed by atoms with Crippen LogP contribution in [0.25, 0.3) is 10.2 Å². The summed E-state index contributed by atoms with van der Waals surface area (Å²) in [4.78, 5) is 18.2. The van der Waals surface area contributed by atoms with Crippen molar-refractivity contribution in [1.29, 1.82) is 0 Å². The van der Waals surface area contributed by atoms with Gasteiger partial charge in [0, 0.05) is 17.8 Å². The van der Waals surface area contributed by atoms with Gasteiger partial charge in [0.05, 0.1) is 11.2 Å². The molecule has 124 valence electrons. The van der Waals surface area contributed by atoms with Crippen LogP contribution in [0.5, 0.6) is 0 Å². The third kappa shape index (κ3) is 3.34. The molecule has 0 fully saturated rings. The van der Waals surface area contributed by atoms with Gasteiger partial charge in [-0.25, -0.2) is 9.37 Å². The maximum Gasteiger partial charge on any atom is 0.243 e. The van der Waals surface area contributed by atoms with Crippen LogP contribution in [0.2, 0.25) is 5.02 Å². The number of carbonyl (C=O) groups excluding carboxylic acids is 1. The lowest BCUT2D eigenvalue weighted by atomic mass is 10.2. The summed E-state index contributed by atoms with van der Waals surface area (Å²) in [6.07, 6.45) is 0. The summed E-state index contributed by atoms with van der Waals surface area (Å²) in [6.45, 7) is 1.95. The van der Waals surface area contributed by atoms with Gasteiger partial charge in [-0.2, -0.15) is 0 Å². The van der Waals surface area contributed by atoms with Gasteiger partial charge in [-0.1, -0.05) is 35.1 Å². The number of likely N-dealkylation sites (N-methyl/N-ethyl adjacent to an activating group) is 1. The van der Waals surface area contributed by atoms with Crippen molar-refractivity contribution in [2.75, 3.05) is 23.8 Å². The minimum Gasteiger partial charge on any atom is -0.342 e. The molecule has 2 aromatic carbocycles. The summed E-state index contributed by atoms with van der Waals surface area (Å²) >= 11 is 7.40. The lowest BCUT2D eigenvalue weighted by Gasteiger charge is -2.16. The standard InChI is InChI=1S/C17H15ClFN3OS/c1-10-11(18)5-3-7-13(10)20-15(23)9-22(2)17-21-16-12(19)6-4-8-14(16)24-17/h3-8H,9H2,1-2H3,(H,20,23). The Morgan fingerprint density at radius 1 is 1.33 bits per heavy atom. The topological polar surface area (TPSA) is 45.2 Å². The average molecular weight is 364 g/mol. The molecular formula is C17H15ClFN3OS. The highest BCUT2D eigenvalue weighted by Crippen LogP contribution is 2.29. The largest absolute Gasteiger partial charge is 0.342 e. The third-order valence-electron chi connectivity index (χ3n) is 3.61. The number of hydrogen-bond donors (Lipinski definition) is 1. The highest BCUT2D eigenvalue weighted by Gasteiger charge is 2.14. The lowest BCUT2D eigenvalue weighted by molar-refractivity contribution is -0.114. The molecular weight excluding hydrogens is 349 g/mol. The van der Waals surface area contributed by atoms with Crippen LogP contribution in [0.3, 0.4) is 0 Å². The van der Waals surface area contributed by atoms with Crippen LogP contribution in [0.4, 0.5) is 15.2 Å². The molecule has 0 aliphatic carbocycles. The first-order valence-electron chi connectivity index (χ1n) is 7.27. The van der Waals surface area contributed by atoms with Crippen LogP contribution in [0, 0.1) is 12.7 Å². The van der Waals surface area contributed by atoms with E-state index in [2.05, 4.69) is 10.3 Å². The molecule has 0 unspecified atom stereocenters. The van der Waals surface area contributed by atoms with Crippen molar-refractivity contribution in [2.24, 2.45) is 0 Å². The first-order chi connectivity index (χ1) is 11.5. The van der Waals surface area contributed by atoms with Crippen LogP contribution in [-0.2, 0) is 4.79 Å². The van der Waals surface area contributed by atoms with E-state index in [1.807, 2.05) is 13.0 Å². The molecule has 1 amide bonds. The molecule has 4 nitrogen and oxygen atoms in total. The monoisotopic (exact) mass is 363 g/mol. The van der Waals surface area contributed by atoms with E-state index in [-0.39, 0.29) is 18.3 Å². The predicted molar refractivity (Wildman–Crippen MR) is 97.7 cm³/mol. The van der Waals surface area contributed by atoms with Crippen molar-refractivity contribution in [3.63, 3.8) is 0 Å². The molecule has 1 N–H and O–H groups in total. The molecule has 1 aromatic heterocycles. The first-order valence-corrected chi connectivity index (χ1v) is 8.46. The van der Waals surface area contributed by atoms with E-state index >= 15 is 0 Å². The van der Waals surface area contributed by atoms with Crippen molar-refractivity contribution in [2.45, 2.75) is 6.92 Å². The summed E-state index contributed by atoms with van der Waals surface area (Å²) in [5.74, 6) is -0.551. The summed E-state index contributed by atoms with van der Waals surface area (Å²) < 4.78 is 14.5. The van der Waals surface area contributed by atoms with Crippen molar-refractivity contribution in [1.82, 2.24) is 4.98 Å². The lowest BCUT2D eigenvalue weighted by Crippen LogP contribution is -2.30. The highest BCUT2D eigenvalue weighted by molar-refractivity contribution is 7.22. The number of thiazole rings is 1. The molecule has 0 saturated heterocycles. The molecule has 0 saturated carbocycles. The Hall–Kier alpha value is -2.18. The number of carbonyl (C=O) groups is 1. The SMILES string of the molecule is Cc1c(Cl)cccc1NC(=O)CN(C)c1nc2c(F)cccc2s1. The van der Waals surface area contributed by atoms with Crippen molar-refractivity contribution >= 4 is 49.9 Å². The minimum atomic E-state index is -0.359. The van der Waals surface area contributed by atoms with Crippen molar-refractivity contribution < 1.29 is 9.18 Å². The second-order valence-electron chi connectivity index (χ2n) is 5.40. The fourth-order valence-corrected chi connectivity index (χ4v) is 3.40. The van der Waals surface area contributed by atoms with Gasteiger partial charge in [0.1, 0.15) is 11.3 Å². The smallest absolute Gasteiger partial charge is 0.243 e. The summed E-state index contributed by atoms with van der Waals surface area (Å²) in [6, 6.07) is 10.2. The molecule has 3 rings (SSSR count). The van der Waals surface area contributed by atoms with Crippen LogP contribution in [-0.4, -0.2) is 24.5 Å². The summed E-state index contributed by atoms with van der Waals surface area (Å²) in [5.41, 5.74) is 1.82. The number of aromatic nitrogens is 1. The molecule has 24 heavy (non-hydrogen) atoms. The van der Waals surface area contributed by atoms with E-state index in [4.69, 9.17) is 11.6 Å². The number of rotatable bonds is 4. The summed E-state index contributed by atoms with van der Waals surface area (Å²) in [5, 5.41) is 4.03. The van der Waals surface area contributed by atoms with Gasteiger partial charge in [0.25, 0.3) is 0 Å². The van der Waals surface area contributed by atoms with E-state index in [0.717, 1.165) is 10.3 Å². The number of nitrogens with zero attached hydrogens (tertiary/aromatic N) is 2. The maximum absolute atomic E-state index is 13.7. The Labute approximate surface area is 147 Å². The van der Waals surface area contributed by atoms with E-state index < -0.39 is 0 Å². The Morgan fingerprint density at radius 2 is 2.08 bits per heavy atom. The fraction of sp³-hybridized carbons (Fsp3) is 0.176. The number of halogens is 2. The molecule has 0 aliphatic heterocycles. The fourth-order valence-electron chi connectivity index (χ4n) is 2.28. The van der Waals surface area contributed by atoms with E-state index in [1.54, 1.807) is 36.2 Å². The van der Waals surface area contributed by atoms with Gasteiger partial charge in [-0.15, -0.1) is 0 Å². The van der Waals surface area contributed by atoms with Gasteiger partial charge < -0.3 is 10.2 Å². The first kappa shape index (κ1) is 16.7. The van der Waals surface area contributed by atoms with Crippen LogP contribution >= 0.6 is 22.9 Å². The number of para-hydroxylation sites is 1. The minimum absolute atomic E-state index is 0.105. The summed E-state index contributed by atoms with van der Waals surface area (Å²) in [7, 11) is 1.75. The Kier molecular flexibility index (Phi) is 4.69. The zero-order chi connectivity index (χ0) is 17.3. The number of anilines is 2. The van der Waals surface area contributed by atoms with Crippen LogP contribution in [0.15, 0.2) is 36.4 Å². The van der Waals surface area contributed by atoms with Gasteiger partial charge in [0.2, 0.25) is 5.91 Å². The molecule has 7 heteroatoms.